The second-order valence-corrected chi connectivity index (χ2v) is 3.01. The van der Waals surface area contributed by atoms with Crippen molar-refractivity contribution in [3.05, 3.63) is 24.5 Å². The number of carbonyl (C=O) groups is 1. The van der Waals surface area contributed by atoms with Crippen molar-refractivity contribution in [1.82, 2.24) is 15.4 Å². The quantitative estimate of drug-likeness (QED) is 0.556. The molecule has 0 saturated heterocycles. The van der Waals surface area contributed by atoms with Gasteiger partial charge in [0.05, 0.1) is 17.4 Å². The molecule has 0 aliphatic heterocycles. The van der Waals surface area contributed by atoms with Gasteiger partial charge in [-0.3, -0.25) is 15.4 Å². The van der Waals surface area contributed by atoms with E-state index >= 15 is 0 Å². The maximum Gasteiger partial charge on any atom is 0.423 e. The van der Waals surface area contributed by atoms with Gasteiger partial charge in [0.25, 0.3) is 0 Å². The third-order valence-electron chi connectivity index (χ3n) is 1.95. The fraction of sp³-hybridized carbons (Fsp3) is 0. The molecule has 0 unspecified atom stereocenters. The van der Waals surface area contributed by atoms with Crippen LogP contribution in [-0.2, 0) is 0 Å². The monoisotopic (exact) mass is 219 g/mol. The van der Waals surface area contributed by atoms with Gasteiger partial charge >= 0.3 is 6.09 Å². The summed E-state index contributed by atoms with van der Waals surface area (Å²) in [7, 11) is 0. The average Bonchev–Trinajstić information content (AvgIpc) is 2.27. The van der Waals surface area contributed by atoms with Crippen molar-refractivity contribution in [3.8, 4) is 0 Å². The number of nitrogens with zero attached hydrogens (tertiary/aromatic N) is 2. The highest BCUT2D eigenvalue weighted by Gasteiger charge is 2.07. The van der Waals surface area contributed by atoms with Crippen LogP contribution in [-0.4, -0.2) is 21.2 Å². The molecular weight excluding hydrogens is 210 g/mol. The molecule has 0 saturated carbocycles. The Balaban J connectivity index is 2.48. The molecule has 7 nitrogen and oxygen atoms in total. The number of pyridine rings is 2. The number of nitrogen functional groups attached to an aromatic ring is 1. The predicted molar refractivity (Wildman–Crippen MR) is 58.7 cm³/mol. The van der Waals surface area contributed by atoms with Crippen molar-refractivity contribution in [2.75, 3.05) is 11.2 Å². The first-order valence-corrected chi connectivity index (χ1v) is 4.42. The molecule has 16 heavy (non-hydrogen) atoms. The van der Waals surface area contributed by atoms with Crippen molar-refractivity contribution >= 4 is 28.5 Å². The third kappa shape index (κ3) is 1.78. The highest BCUT2D eigenvalue weighted by molar-refractivity contribution is 5.94. The normalized spacial score (nSPS) is 10.0. The molecule has 0 fully saturated rings. The lowest BCUT2D eigenvalue weighted by Crippen LogP contribution is -2.28. The van der Waals surface area contributed by atoms with Crippen LogP contribution in [0.4, 0.5) is 16.2 Å². The predicted octanol–water partition coefficient (Wildman–Crippen LogP) is 0.807. The van der Waals surface area contributed by atoms with Crippen LogP contribution in [0.15, 0.2) is 24.5 Å². The summed E-state index contributed by atoms with van der Waals surface area (Å²) in [4.78, 5) is 18.5. The van der Waals surface area contributed by atoms with Crippen LogP contribution in [0.2, 0.25) is 0 Å². The fourth-order valence-electron chi connectivity index (χ4n) is 1.28. The van der Waals surface area contributed by atoms with E-state index in [9.17, 15) is 4.79 Å². The number of fused-ring (bicyclic) bond motifs is 1. The van der Waals surface area contributed by atoms with Gasteiger partial charge in [-0.05, 0) is 12.1 Å². The van der Waals surface area contributed by atoms with Crippen LogP contribution in [0.25, 0.3) is 11.0 Å². The number of hydrazine groups is 1. The van der Waals surface area contributed by atoms with E-state index in [4.69, 9.17) is 10.8 Å². The van der Waals surface area contributed by atoms with Gasteiger partial charge in [0.1, 0.15) is 11.2 Å². The Kier molecular flexibility index (Phi) is 2.42. The molecule has 7 heteroatoms. The van der Waals surface area contributed by atoms with Crippen molar-refractivity contribution < 1.29 is 9.90 Å². The van der Waals surface area contributed by atoms with Crippen molar-refractivity contribution in [3.63, 3.8) is 0 Å². The number of aromatic nitrogens is 2. The lowest BCUT2D eigenvalue weighted by molar-refractivity contribution is 0.197. The topological polar surface area (TPSA) is 113 Å². The molecule has 1 amide bonds. The van der Waals surface area contributed by atoms with Crippen molar-refractivity contribution in [1.29, 1.82) is 0 Å². The van der Waals surface area contributed by atoms with E-state index in [1.54, 1.807) is 18.3 Å². The zero-order valence-corrected chi connectivity index (χ0v) is 8.14. The SMILES string of the molecule is Nc1cnc2cccnc2c1NNC(=O)O. The van der Waals surface area contributed by atoms with Gasteiger partial charge in [0.15, 0.2) is 0 Å². The summed E-state index contributed by atoms with van der Waals surface area (Å²) in [5.74, 6) is 0. The Morgan fingerprint density at radius 2 is 2.25 bits per heavy atom. The molecule has 2 heterocycles. The fourth-order valence-corrected chi connectivity index (χ4v) is 1.28. The van der Waals surface area contributed by atoms with Crippen LogP contribution in [0.5, 0.6) is 0 Å². The van der Waals surface area contributed by atoms with Gasteiger partial charge in [0.2, 0.25) is 0 Å². The molecule has 2 aromatic rings. The Morgan fingerprint density at radius 3 is 3.00 bits per heavy atom. The standard InChI is InChI=1S/C9H9N5O2/c10-5-4-12-6-2-1-3-11-8(6)7(5)13-14-9(15)16/h1-4,14H,10H2,(H,12,13)(H,15,16). The number of carboxylic acid groups (broad SMARTS) is 1. The first kappa shape index (κ1) is 9.97. The van der Waals surface area contributed by atoms with Crippen LogP contribution in [0, 0.1) is 0 Å². The van der Waals surface area contributed by atoms with Gasteiger partial charge in [-0.25, -0.2) is 10.2 Å². The van der Waals surface area contributed by atoms with Crippen LogP contribution >= 0.6 is 0 Å². The van der Waals surface area contributed by atoms with E-state index in [1.807, 2.05) is 5.43 Å². The molecular formula is C9H9N5O2. The third-order valence-corrected chi connectivity index (χ3v) is 1.95. The molecule has 0 aliphatic rings. The summed E-state index contributed by atoms with van der Waals surface area (Å²) in [5.41, 5.74) is 12.0. The number of amides is 1. The molecule has 2 aromatic heterocycles. The van der Waals surface area contributed by atoms with Gasteiger partial charge in [0, 0.05) is 6.20 Å². The Hall–Kier alpha value is -2.57. The minimum absolute atomic E-state index is 0.319. The smallest absolute Gasteiger partial charge is 0.423 e. The number of hydrogen-bond donors (Lipinski definition) is 4. The molecule has 0 aromatic carbocycles. The molecule has 0 spiro atoms. The first-order valence-electron chi connectivity index (χ1n) is 4.42. The largest absolute Gasteiger partial charge is 0.464 e. The van der Waals surface area contributed by atoms with Gasteiger partial charge in [-0.1, -0.05) is 0 Å². The average molecular weight is 219 g/mol. The molecule has 5 N–H and O–H groups in total. The van der Waals surface area contributed by atoms with E-state index in [0.717, 1.165) is 0 Å². The summed E-state index contributed by atoms with van der Waals surface area (Å²) in [6.07, 6.45) is 1.81. The molecule has 0 atom stereocenters. The molecule has 0 aliphatic carbocycles. The molecule has 0 bridgehead atoms. The summed E-state index contributed by atoms with van der Waals surface area (Å²) in [5, 5.41) is 8.49. The summed E-state index contributed by atoms with van der Waals surface area (Å²) in [6.45, 7) is 0. The van der Waals surface area contributed by atoms with Crippen molar-refractivity contribution in [2.45, 2.75) is 0 Å². The number of hydrogen-bond acceptors (Lipinski definition) is 5. The highest BCUT2D eigenvalue weighted by atomic mass is 16.4. The van der Waals surface area contributed by atoms with Crippen molar-refractivity contribution in [2.24, 2.45) is 0 Å². The minimum atomic E-state index is -1.21. The zero-order chi connectivity index (χ0) is 11.5. The minimum Gasteiger partial charge on any atom is -0.464 e. The summed E-state index contributed by atoms with van der Waals surface area (Å²) in [6, 6.07) is 3.49. The van der Waals surface area contributed by atoms with E-state index < -0.39 is 6.09 Å². The lowest BCUT2D eigenvalue weighted by Gasteiger charge is -2.10. The second kappa shape index (κ2) is 3.89. The number of rotatable bonds is 2. The lowest BCUT2D eigenvalue weighted by atomic mass is 10.2. The Morgan fingerprint density at radius 1 is 1.44 bits per heavy atom. The maximum atomic E-state index is 10.4. The van der Waals surface area contributed by atoms with Gasteiger partial charge < -0.3 is 10.8 Å². The number of anilines is 2. The van der Waals surface area contributed by atoms with Crippen LogP contribution < -0.4 is 16.6 Å². The maximum absolute atomic E-state index is 10.4. The van der Waals surface area contributed by atoms with Gasteiger partial charge in [-0.2, -0.15) is 0 Å². The zero-order valence-electron chi connectivity index (χ0n) is 8.14. The second-order valence-electron chi connectivity index (χ2n) is 3.01. The summed E-state index contributed by atoms with van der Waals surface area (Å²) < 4.78 is 0. The summed E-state index contributed by atoms with van der Waals surface area (Å²) >= 11 is 0. The Labute approximate surface area is 90.3 Å². The van der Waals surface area contributed by atoms with E-state index in [-0.39, 0.29) is 0 Å². The molecule has 82 valence electrons. The first-order chi connectivity index (χ1) is 7.68. The number of nitrogens with two attached hydrogens (primary N) is 1. The molecule has 2 rings (SSSR count). The van der Waals surface area contributed by atoms with Crippen LogP contribution in [0.3, 0.4) is 0 Å². The Bertz CT molecular complexity index is 542. The molecule has 0 radical (unpaired) electrons. The van der Waals surface area contributed by atoms with E-state index in [0.29, 0.717) is 22.4 Å². The van der Waals surface area contributed by atoms with E-state index in [2.05, 4.69) is 15.4 Å². The highest BCUT2D eigenvalue weighted by Crippen LogP contribution is 2.24. The van der Waals surface area contributed by atoms with Crippen LogP contribution in [0.1, 0.15) is 0 Å². The van der Waals surface area contributed by atoms with E-state index in [1.165, 1.54) is 6.20 Å². The number of nitrogens with one attached hydrogen (secondary N) is 2. The van der Waals surface area contributed by atoms with Gasteiger partial charge in [-0.15, -0.1) is 0 Å².